The molecule has 1 aromatic heterocycles. The molecule has 4 heterocycles. The summed E-state index contributed by atoms with van der Waals surface area (Å²) >= 11 is 0. The zero-order valence-corrected chi connectivity index (χ0v) is 46.4. The maximum absolute atomic E-state index is 13.6. The number of carboxylic acids is 1. The van der Waals surface area contributed by atoms with Crippen LogP contribution < -0.4 is 23.7 Å². The van der Waals surface area contributed by atoms with Crippen LogP contribution in [-0.2, 0) is 52.3 Å². The van der Waals surface area contributed by atoms with Crippen LogP contribution in [0.2, 0.25) is 0 Å². The van der Waals surface area contributed by atoms with Gasteiger partial charge < -0.3 is 128 Å². The van der Waals surface area contributed by atoms with Crippen molar-refractivity contribution in [1.29, 1.82) is 0 Å². The average molecular weight is 1240 g/mol. The van der Waals surface area contributed by atoms with Crippen LogP contribution in [0.25, 0.3) is 34.4 Å². The van der Waals surface area contributed by atoms with Crippen molar-refractivity contribution >= 4 is 47.0 Å². The standard InChI is InChI=1S/C57H60O31/c1-76-33-12-23(4-8-29(33)61)5-10-41(65)79-21-39-47(71)50(74)54(88-57-53(49(73)45(69)37(20-58)84-57)87-42(66)11-6-24-13-34(77-2)44(68)35(14-24)78-3)56(86-39)83-36-18-27-31(81-52(36)25-7-9-28(60)30(62)15-25)16-26(59)17-32(27)82-55-51(75)48(72)46(70)38(85-55)22-80-43(67)19-40(63)64/h4-18,37-39,45-51,53-58,69-75H,19-22H2,1-3H3,(H5-,59,60,61,62,63,64,65,66,68)/p+1. The number of benzene rings is 4. The molecule has 4 aromatic carbocycles. The molecule has 3 aliphatic rings. The third-order valence-electron chi connectivity index (χ3n) is 13.8. The number of methoxy groups -OCH3 is 3. The predicted molar refractivity (Wildman–Crippen MR) is 290 cm³/mol. The predicted octanol–water partition coefficient (Wildman–Crippen LogP) is -0.329. The lowest BCUT2D eigenvalue weighted by Crippen LogP contribution is -2.65. The number of phenolic OH excluding ortho intramolecular Hbond substituents is 5. The maximum Gasteiger partial charge on any atom is 0.402 e. The van der Waals surface area contributed by atoms with Crippen LogP contribution in [0.3, 0.4) is 0 Å². The molecule has 0 saturated carbocycles. The van der Waals surface area contributed by atoms with E-state index in [4.69, 9.17) is 66.4 Å². The SMILES string of the molecule is COc1cc(/C=C/C(=O)OCC2OC(Oc3cc4c(OC5OC(COC(=O)CC(=O)O)C(O)C(O)C5O)cc(O)cc4[o+]c3-c3ccc(O)c(O)c3)C(OC3OC(CO)C(O)C(O)C3OC(=O)/C=C/c3cc(OC)c(O)c(OC)c3)C(O)C2O)ccc1O. The Morgan fingerprint density at radius 3 is 1.78 bits per heavy atom. The Morgan fingerprint density at radius 2 is 1.12 bits per heavy atom. The van der Waals surface area contributed by atoms with Gasteiger partial charge in [0.15, 0.2) is 53.0 Å². The minimum Gasteiger partial charge on any atom is -0.507 e. The molecule has 15 atom stereocenters. The van der Waals surface area contributed by atoms with E-state index in [-0.39, 0.29) is 50.8 Å². The molecule has 0 radical (unpaired) electrons. The lowest BCUT2D eigenvalue weighted by atomic mass is 9.97. The summed E-state index contributed by atoms with van der Waals surface area (Å²) in [6.07, 6.45) is -27.0. The number of hydrogen-bond donors (Lipinski definition) is 14. The third-order valence-corrected chi connectivity index (χ3v) is 13.8. The van der Waals surface area contributed by atoms with Gasteiger partial charge in [-0.3, -0.25) is 9.59 Å². The van der Waals surface area contributed by atoms with Gasteiger partial charge in [0.05, 0.1) is 39.6 Å². The summed E-state index contributed by atoms with van der Waals surface area (Å²) in [6, 6.07) is 13.2. The maximum atomic E-state index is 13.6. The fourth-order valence-corrected chi connectivity index (χ4v) is 9.22. The Labute approximate surface area is 496 Å². The van der Waals surface area contributed by atoms with E-state index in [9.17, 15) is 85.6 Å². The molecule has 31 heteroatoms. The van der Waals surface area contributed by atoms with Crippen molar-refractivity contribution < 1.29 is 152 Å². The topological polar surface area (TPSA) is 474 Å². The Morgan fingerprint density at radius 1 is 0.545 bits per heavy atom. The summed E-state index contributed by atoms with van der Waals surface area (Å²) in [4.78, 5) is 49.9. The van der Waals surface area contributed by atoms with Gasteiger partial charge in [0.2, 0.25) is 24.1 Å². The molecule has 474 valence electrons. The van der Waals surface area contributed by atoms with Crippen LogP contribution in [0.1, 0.15) is 17.5 Å². The zero-order chi connectivity index (χ0) is 63.8. The van der Waals surface area contributed by atoms with Crippen LogP contribution in [0.4, 0.5) is 0 Å². The number of aliphatic hydroxyl groups is 8. The van der Waals surface area contributed by atoms with Crippen molar-refractivity contribution in [3.8, 4) is 68.8 Å². The number of carboxylic acid groups (broad SMARTS) is 1. The molecule has 88 heavy (non-hydrogen) atoms. The Hall–Kier alpha value is -8.83. The first-order valence-electron chi connectivity index (χ1n) is 26.3. The monoisotopic (exact) mass is 1240 g/mol. The minimum atomic E-state index is -2.25. The lowest BCUT2D eigenvalue weighted by Gasteiger charge is -2.46. The number of fused-ring (bicyclic) bond motifs is 1. The van der Waals surface area contributed by atoms with Gasteiger partial charge in [-0.2, -0.15) is 0 Å². The van der Waals surface area contributed by atoms with Gasteiger partial charge in [0.25, 0.3) is 0 Å². The molecular weight excluding hydrogens is 1180 g/mol. The number of aliphatic hydroxyl groups excluding tert-OH is 8. The number of aliphatic carboxylic acids is 1. The van der Waals surface area contributed by atoms with Crippen LogP contribution in [-0.4, -0.2) is 229 Å². The molecule has 15 unspecified atom stereocenters. The molecule has 5 aromatic rings. The second-order valence-corrected chi connectivity index (χ2v) is 19.7. The number of ether oxygens (including phenoxy) is 12. The van der Waals surface area contributed by atoms with E-state index in [2.05, 4.69) is 0 Å². The van der Waals surface area contributed by atoms with Gasteiger partial charge >= 0.3 is 35.2 Å². The number of aromatic hydroxyl groups is 5. The van der Waals surface area contributed by atoms with E-state index < -0.39 is 177 Å². The number of phenols is 5. The van der Waals surface area contributed by atoms with Crippen LogP contribution in [0.15, 0.2) is 83.3 Å². The van der Waals surface area contributed by atoms with Crippen molar-refractivity contribution in [2.75, 3.05) is 41.2 Å². The van der Waals surface area contributed by atoms with Gasteiger partial charge in [-0.15, -0.1) is 0 Å². The van der Waals surface area contributed by atoms with Gasteiger partial charge in [-0.1, -0.05) is 6.07 Å². The Kier molecular flexibility index (Phi) is 21.0. The van der Waals surface area contributed by atoms with E-state index >= 15 is 0 Å². The first-order valence-corrected chi connectivity index (χ1v) is 26.3. The fourth-order valence-electron chi connectivity index (χ4n) is 9.22. The summed E-state index contributed by atoms with van der Waals surface area (Å²) in [5.74, 6) is -8.94. The molecule has 31 nitrogen and oxygen atoms in total. The molecule has 14 N–H and O–H groups in total. The first kappa shape index (κ1) is 65.2. The van der Waals surface area contributed by atoms with E-state index in [0.717, 1.165) is 42.5 Å². The highest BCUT2D eigenvalue weighted by Crippen LogP contribution is 2.44. The second-order valence-electron chi connectivity index (χ2n) is 19.7. The number of esters is 3. The second kappa shape index (κ2) is 28.3. The molecule has 0 spiro atoms. The zero-order valence-electron chi connectivity index (χ0n) is 46.4. The number of carbonyl (C=O) groups is 4. The lowest BCUT2D eigenvalue weighted by molar-refractivity contribution is -0.358. The number of hydrogen-bond acceptors (Lipinski definition) is 29. The van der Waals surface area contributed by atoms with Gasteiger partial charge in [0.1, 0.15) is 97.6 Å². The summed E-state index contributed by atoms with van der Waals surface area (Å²) in [6.45, 7) is -2.72. The number of carbonyl (C=O) groups excluding carboxylic acids is 3. The first-order chi connectivity index (χ1) is 41.9. The molecule has 3 fully saturated rings. The molecule has 0 aliphatic carbocycles. The van der Waals surface area contributed by atoms with Gasteiger partial charge in [-0.25, -0.2) is 14.0 Å². The highest BCUT2D eigenvalue weighted by Gasteiger charge is 2.54. The molecule has 0 bridgehead atoms. The van der Waals surface area contributed by atoms with Gasteiger partial charge in [0, 0.05) is 30.4 Å². The molecule has 0 amide bonds. The quantitative estimate of drug-likeness (QED) is 0.0105. The van der Waals surface area contributed by atoms with E-state index in [1.807, 2.05) is 0 Å². The molecule has 3 saturated heterocycles. The van der Waals surface area contributed by atoms with Crippen LogP contribution in [0, 0.1) is 0 Å². The Bertz CT molecular complexity index is 3360. The Balaban J connectivity index is 1.18. The minimum absolute atomic E-state index is 0.0461. The summed E-state index contributed by atoms with van der Waals surface area (Å²) in [5, 5.41) is 151. The molecule has 3 aliphatic heterocycles. The van der Waals surface area contributed by atoms with Crippen molar-refractivity contribution in [3.05, 3.63) is 90.0 Å². The molecular formula is C57H61O31+. The third kappa shape index (κ3) is 14.9. The highest BCUT2D eigenvalue weighted by atomic mass is 16.8. The van der Waals surface area contributed by atoms with Crippen LogP contribution >= 0.6 is 0 Å². The van der Waals surface area contributed by atoms with Gasteiger partial charge in [-0.05, 0) is 59.7 Å². The van der Waals surface area contributed by atoms with Crippen LogP contribution in [0.5, 0.6) is 57.5 Å². The van der Waals surface area contributed by atoms with Crippen molar-refractivity contribution in [2.45, 2.75) is 98.5 Å². The van der Waals surface area contributed by atoms with Crippen molar-refractivity contribution in [2.24, 2.45) is 0 Å². The fraction of sp³-hybridized carbons (Fsp3) is 0.386. The smallest absolute Gasteiger partial charge is 0.402 e. The van der Waals surface area contributed by atoms with Crippen molar-refractivity contribution in [1.82, 2.24) is 0 Å². The molecule has 8 rings (SSSR count). The van der Waals surface area contributed by atoms with E-state index in [0.29, 0.717) is 5.56 Å². The normalized spacial score (nSPS) is 27.1. The number of rotatable bonds is 22. The summed E-state index contributed by atoms with van der Waals surface area (Å²) in [5.41, 5.74) is 0.188. The van der Waals surface area contributed by atoms with Crippen molar-refractivity contribution in [3.63, 3.8) is 0 Å². The highest BCUT2D eigenvalue weighted by molar-refractivity contribution is 5.91. The summed E-state index contributed by atoms with van der Waals surface area (Å²) < 4.78 is 73.9. The average Bonchev–Trinajstić information content (AvgIpc) is 0.872. The van der Waals surface area contributed by atoms with E-state index in [1.54, 1.807) is 0 Å². The summed E-state index contributed by atoms with van der Waals surface area (Å²) in [7, 11) is 3.82. The van der Waals surface area contributed by atoms with E-state index in [1.165, 1.54) is 69.9 Å². The largest absolute Gasteiger partial charge is 0.507 e.